The van der Waals surface area contributed by atoms with Crippen LogP contribution < -0.4 is 5.32 Å². The maximum absolute atomic E-state index is 13.1. The van der Waals surface area contributed by atoms with Gasteiger partial charge in [-0.3, -0.25) is 9.59 Å². The maximum Gasteiger partial charge on any atom is 0.225 e. The van der Waals surface area contributed by atoms with E-state index < -0.39 is 0 Å². The van der Waals surface area contributed by atoms with Crippen LogP contribution in [0.2, 0.25) is 0 Å². The highest BCUT2D eigenvalue weighted by molar-refractivity contribution is 5.85. The normalized spacial score (nSPS) is 19.0. The number of nitrogens with one attached hydrogen (secondary N) is 1. The first-order valence-electron chi connectivity index (χ1n) is 10.8. The zero-order chi connectivity index (χ0) is 21.3. The van der Waals surface area contributed by atoms with Gasteiger partial charge in [-0.25, -0.2) is 0 Å². The van der Waals surface area contributed by atoms with Crippen LogP contribution in [-0.4, -0.2) is 43.5 Å². The number of hydrogen-bond acceptors (Lipinski definition) is 3. The topological polar surface area (TPSA) is 58.6 Å². The Kier molecular flexibility index (Phi) is 8.03. The van der Waals surface area contributed by atoms with Crippen molar-refractivity contribution in [2.24, 2.45) is 5.92 Å². The van der Waals surface area contributed by atoms with Gasteiger partial charge < -0.3 is 15.0 Å². The number of benzene rings is 2. The summed E-state index contributed by atoms with van der Waals surface area (Å²) < 4.78 is 5.22. The number of aryl methyl sites for hydroxylation is 2. The zero-order valence-corrected chi connectivity index (χ0v) is 18.0. The lowest BCUT2D eigenvalue weighted by Crippen LogP contribution is -2.49. The Morgan fingerprint density at radius 2 is 1.87 bits per heavy atom. The number of amides is 2. The number of ether oxygens (including phenoxy) is 1. The summed E-state index contributed by atoms with van der Waals surface area (Å²) >= 11 is 0. The number of carbonyl (C=O) groups excluding carboxylic acids is 2. The van der Waals surface area contributed by atoms with Gasteiger partial charge in [0.1, 0.15) is 0 Å². The Morgan fingerprint density at radius 3 is 2.57 bits per heavy atom. The van der Waals surface area contributed by atoms with Gasteiger partial charge in [-0.05, 0) is 37.3 Å². The van der Waals surface area contributed by atoms with Crippen molar-refractivity contribution >= 4 is 11.8 Å². The van der Waals surface area contributed by atoms with Crippen LogP contribution in [-0.2, 0) is 20.7 Å². The molecule has 5 nitrogen and oxygen atoms in total. The molecule has 3 rings (SSSR count). The van der Waals surface area contributed by atoms with E-state index in [1.165, 1.54) is 5.56 Å². The van der Waals surface area contributed by atoms with E-state index in [9.17, 15) is 9.59 Å². The van der Waals surface area contributed by atoms with Crippen LogP contribution in [0, 0.1) is 12.8 Å². The number of rotatable bonds is 9. The minimum atomic E-state index is -0.254. The van der Waals surface area contributed by atoms with E-state index in [2.05, 4.69) is 17.4 Å². The van der Waals surface area contributed by atoms with Gasteiger partial charge in [-0.1, -0.05) is 60.2 Å². The summed E-state index contributed by atoms with van der Waals surface area (Å²) in [6, 6.07) is 18.2. The first kappa shape index (κ1) is 22.0. The van der Waals surface area contributed by atoms with Crippen molar-refractivity contribution in [3.8, 4) is 0 Å². The molecule has 160 valence electrons. The lowest BCUT2D eigenvalue weighted by Gasteiger charge is -2.40. The van der Waals surface area contributed by atoms with E-state index in [0.29, 0.717) is 32.5 Å². The second-order valence-corrected chi connectivity index (χ2v) is 7.96. The maximum atomic E-state index is 13.1. The van der Waals surface area contributed by atoms with Gasteiger partial charge in [-0.2, -0.15) is 0 Å². The highest BCUT2D eigenvalue weighted by atomic mass is 16.5. The average molecular weight is 409 g/mol. The minimum absolute atomic E-state index is 0.0311. The number of hydrogen-bond donors (Lipinski definition) is 1. The molecule has 1 saturated heterocycles. The van der Waals surface area contributed by atoms with Crippen molar-refractivity contribution in [1.29, 1.82) is 0 Å². The van der Waals surface area contributed by atoms with E-state index >= 15 is 0 Å². The Morgan fingerprint density at radius 1 is 1.13 bits per heavy atom. The van der Waals surface area contributed by atoms with Crippen LogP contribution in [0.3, 0.4) is 0 Å². The van der Waals surface area contributed by atoms with Crippen LogP contribution in [0.1, 0.15) is 42.0 Å². The standard InChI is InChI=1S/C25H32N2O3/c1-19-10-12-21(13-11-19)24-22(14-15-23(28)27(24)17-18-30-2)25(29)26-16-6-9-20-7-4-3-5-8-20/h3-5,7-8,10-13,22,24H,6,9,14-18H2,1-2H3,(H,26,29)/t22-,24-/m1/s1. The average Bonchev–Trinajstić information content (AvgIpc) is 2.77. The third-order valence-corrected chi connectivity index (χ3v) is 5.78. The van der Waals surface area contributed by atoms with Crippen molar-refractivity contribution in [2.75, 3.05) is 26.8 Å². The van der Waals surface area contributed by atoms with Crippen LogP contribution in [0.15, 0.2) is 54.6 Å². The minimum Gasteiger partial charge on any atom is -0.383 e. The van der Waals surface area contributed by atoms with Crippen molar-refractivity contribution in [1.82, 2.24) is 10.2 Å². The van der Waals surface area contributed by atoms with E-state index in [-0.39, 0.29) is 23.8 Å². The van der Waals surface area contributed by atoms with Crippen LogP contribution in [0.25, 0.3) is 0 Å². The summed E-state index contributed by atoms with van der Waals surface area (Å²) in [5.74, 6) is -0.131. The predicted molar refractivity (Wildman–Crippen MR) is 118 cm³/mol. The molecule has 2 aromatic rings. The van der Waals surface area contributed by atoms with Gasteiger partial charge in [0.25, 0.3) is 0 Å². The molecule has 5 heteroatoms. The zero-order valence-electron chi connectivity index (χ0n) is 18.0. The summed E-state index contributed by atoms with van der Waals surface area (Å²) in [5.41, 5.74) is 3.44. The second kappa shape index (κ2) is 10.9. The van der Waals surface area contributed by atoms with Gasteiger partial charge in [-0.15, -0.1) is 0 Å². The monoisotopic (exact) mass is 408 g/mol. The first-order valence-corrected chi connectivity index (χ1v) is 10.8. The third kappa shape index (κ3) is 5.70. The summed E-state index contributed by atoms with van der Waals surface area (Å²) in [4.78, 5) is 27.6. The molecule has 0 saturated carbocycles. The first-order chi connectivity index (χ1) is 14.6. The van der Waals surface area contributed by atoms with Gasteiger partial charge in [0.2, 0.25) is 11.8 Å². The number of piperidine rings is 1. The summed E-state index contributed by atoms with van der Waals surface area (Å²) in [7, 11) is 1.63. The molecule has 2 amide bonds. The molecule has 1 N–H and O–H groups in total. The number of nitrogens with zero attached hydrogens (tertiary/aromatic N) is 1. The van der Waals surface area contributed by atoms with Crippen LogP contribution >= 0.6 is 0 Å². The fraction of sp³-hybridized carbons (Fsp3) is 0.440. The van der Waals surface area contributed by atoms with Crippen molar-refractivity contribution in [3.63, 3.8) is 0 Å². The quantitative estimate of drug-likeness (QED) is 0.644. The summed E-state index contributed by atoms with van der Waals surface area (Å²) in [6.45, 7) is 3.62. The number of carbonyl (C=O) groups is 2. The molecule has 2 aromatic carbocycles. The highest BCUT2D eigenvalue weighted by Gasteiger charge is 2.40. The van der Waals surface area contributed by atoms with E-state index in [4.69, 9.17) is 4.74 Å². The van der Waals surface area contributed by atoms with E-state index in [0.717, 1.165) is 24.0 Å². The van der Waals surface area contributed by atoms with Crippen LogP contribution in [0.5, 0.6) is 0 Å². The van der Waals surface area contributed by atoms with Gasteiger partial charge in [0.05, 0.1) is 18.6 Å². The van der Waals surface area contributed by atoms with Gasteiger partial charge >= 0.3 is 0 Å². The summed E-state index contributed by atoms with van der Waals surface area (Å²) in [6.07, 6.45) is 2.80. The molecular formula is C25H32N2O3. The molecular weight excluding hydrogens is 376 g/mol. The smallest absolute Gasteiger partial charge is 0.225 e. The SMILES string of the molecule is COCCN1C(=O)CC[C@@H](C(=O)NCCCc2ccccc2)[C@H]1c1ccc(C)cc1. The lowest BCUT2D eigenvalue weighted by molar-refractivity contribution is -0.144. The van der Waals surface area contributed by atoms with Crippen molar-refractivity contribution in [2.45, 2.75) is 38.6 Å². The molecule has 0 bridgehead atoms. The molecule has 2 atom stereocenters. The Hall–Kier alpha value is -2.66. The molecule has 0 aliphatic carbocycles. The molecule has 0 spiro atoms. The fourth-order valence-corrected chi connectivity index (χ4v) is 4.14. The van der Waals surface area contributed by atoms with Crippen molar-refractivity contribution in [3.05, 3.63) is 71.3 Å². The lowest BCUT2D eigenvalue weighted by atomic mass is 9.83. The molecule has 0 radical (unpaired) electrons. The van der Waals surface area contributed by atoms with E-state index in [1.54, 1.807) is 7.11 Å². The molecule has 1 aliphatic heterocycles. The largest absolute Gasteiger partial charge is 0.383 e. The second-order valence-electron chi connectivity index (χ2n) is 7.96. The Balaban J connectivity index is 1.68. The molecule has 0 unspecified atom stereocenters. The van der Waals surface area contributed by atoms with Crippen molar-refractivity contribution < 1.29 is 14.3 Å². The molecule has 1 aliphatic rings. The summed E-state index contributed by atoms with van der Waals surface area (Å²) in [5, 5.41) is 3.12. The van der Waals surface area contributed by atoms with E-state index in [1.807, 2.05) is 54.3 Å². The Labute approximate surface area is 179 Å². The molecule has 1 fully saturated rings. The molecule has 0 aromatic heterocycles. The third-order valence-electron chi connectivity index (χ3n) is 5.78. The molecule has 1 heterocycles. The van der Waals surface area contributed by atoms with Gasteiger partial charge in [0.15, 0.2) is 0 Å². The predicted octanol–water partition coefficient (Wildman–Crippen LogP) is 3.67. The van der Waals surface area contributed by atoms with Gasteiger partial charge in [0, 0.05) is 26.6 Å². The highest BCUT2D eigenvalue weighted by Crippen LogP contribution is 2.37. The fourth-order valence-electron chi connectivity index (χ4n) is 4.14. The molecule has 30 heavy (non-hydrogen) atoms. The number of likely N-dealkylation sites (tertiary alicyclic amines) is 1. The van der Waals surface area contributed by atoms with Crippen LogP contribution in [0.4, 0.5) is 0 Å². The number of methoxy groups -OCH3 is 1. The Bertz CT molecular complexity index is 820.